The molecule has 0 radical (unpaired) electrons. The molecular weight excluding hydrogens is 360 g/mol. The van der Waals surface area contributed by atoms with Gasteiger partial charge in [-0.05, 0) is 60.7 Å². The number of benzene rings is 2. The Kier molecular flexibility index (Phi) is 4.86. The second-order valence-electron chi connectivity index (χ2n) is 7.71. The molecule has 1 fully saturated rings. The lowest BCUT2D eigenvalue weighted by Crippen LogP contribution is -2.25. The standard InChI is InChI=1S/C21H26N2O3S/c1-15-7-10-21(20(24)11-15)27(25,26)23-13-16-8-9-19(12-17(16)14-23)22-18-5-3-2-4-6-18/h7-12,18,22,24H,2-6,13-14H2,1H3. The van der Waals surface area contributed by atoms with E-state index in [0.29, 0.717) is 19.1 Å². The van der Waals surface area contributed by atoms with Crippen LogP contribution < -0.4 is 5.32 Å². The third-order valence-corrected chi connectivity index (χ3v) is 7.45. The summed E-state index contributed by atoms with van der Waals surface area (Å²) >= 11 is 0. The van der Waals surface area contributed by atoms with Crippen LogP contribution in [-0.2, 0) is 23.1 Å². The van der Waals surface area contributed by atoms with Crippen molar-refractivity contribution < 1.29 is 13.5 Å². The van der Waals surface area contributed by atoms with Crippen molar-refractivity contribution in [2.45, 2.75) is 63.1 Å². The largest absolute Gasteiger partial charge is 0.507 e. The summed E-state index contributed by atoms with van der Waals surface area (Å²) in [5.74, 6) is -0.189. The van der Waals surface area contributed by atoms with Gasteiger partial charge in [-0.3, -0.25) is 0 Å². The molecule has 0 bridgehead atoms. The second kappa shape index (κ2) is 7.17. The first kappa shape index (κ1) is 18.3. The fraction of sp³-hybridized carbons (Fsp3) is 0.429. The number of nitrogens with zero attached hydrogens (tertiary/aromatic N) is 1. The van der Waals surface area contributed by atoms with Gasteiger partial charge in [0, 0.05) is 24.8 Å². The predicted octanol–water partition coefficient (Wildman–Crippen LogP) is 4.15. The number of aryl methyl sites for hydroxylation is 1. The highest BCUT2D eigenvalue weighted by molar-refractivity contribution is 7.89. The molecule has 1 aliphatic carbocycles. The van der Waals surface area contributed by atoms with Crippen molar-refractivity contribution in [3.05, 3.63) is 53.1 Å². The molecule has 2 aliphatic rings. The van der Waals surface area contributed by atoms with E-state index < -0.39 is 10.0 Å². The first-order valence-electron chi connectivity index (χ1n) is 9.61. The molecule has 1 aliphatic heterocycles. The lowest BCUT2D eigenvalue weighted by Gasteiger charge is -2.24. The van der Waals surface area contributed by atoms with Gasteiger partial charge in [-0.1, -0.05) is 31.4 Å². The highest BCUT2D eigenvalue weighted by Gasteiger charge is 2.32. The maximum atomic E-state index is 13.0. The molecule has 0 spiro atoms. The van der Waals surface area contributed by atoms with Gasteiger partial charge < -0.3 is 10.4 Å². The maximum absolute atomic E-state index is 13.0. The van der Waals surface area contributed by atoms with Crippen LogP contribution >= 0.6 is 0 Å². The minimum Gasteiger partial charge on any atom is -0.507 e. The maximum Gasteiger partial charge on any atom is 0.247 e. The van der Waals surface area contributed by atoms with Crippen molar-refractivity contribution in [2.75, 3.05) is 5.32 Å². The summed E-state index contributed by atoms with van der Waals surface area (Å²) < 4.78 is 27.4. The lowest BCUT2D eigenvalue weighted by molar-refractivity contribution is 0.419. The van der Waals surface area contributed by atoms with E-state index in [2.05, 4.69) is 11.4 Å². The Morgan fingerprint density at radius 1 is 1.00 bits per heavy atom. The molecule has 0 atom stereocenters. The third-order valence-electron chi connectivity index (χ3n) is 5.61. The predicted molar refractivity (Wildman–Crippen MR) is 106 cm³/mol. The molecule has 0 aromatic heterocycles. The summed E-state index contributed by atoms with van der Waals surface area (Å²) in [5.41, 5.74) is 3.96. The number of rotatable bonds is 4. The van der Waals surface area contributed by atoms with Gasteiger partial charge in [-0.25, -0.2) is 8.42 Å². The summed E-state index contributed by atoms with van der Waals surface area (Å²) in [4.78, 5) is -0.0264. The number of aromatic hydroxyl groups is 1. The monoisotopic (exact) mass is 386 g/mol. The average molecular weight is 387 g/mol. The summed E-state index contributed by atoms with van der Waals surface area (Å²) in [5, 5.41) is 13.7. The Bertz CT molecular complexity index is 950. The van der Waals surface area contributed by atoms with Gasteiger partial charge >= 0.3 is 0 Å². The zero-order valence-corrected chi connectivity index (χ0v) is 16.4. The molecule has 5 nitrogen and oxygen atoms in total. The number of sulfonamides is 1. The van der Waals surface area contributed by atoms with E-state index in [1.54, 1.807) is 6.07 Å². The van der Waals surface area contributed by atoms with Crippen LogP contribution in [0.4, 0.5) is 5.69 Å². The summed E-state index contributed by atoms with van der Waals surface area (Å²) in [6, 6.07) is 11.3. The number of fused-ring (bicyclic) bond motifs is 1. The minimum atomic E-state index is -3.73. The number of nitrogens with one attached hydrogen (secondary N) is 1. The molecule has 2 aromatic carbocycles. The summed E-state index contributed by atoms with van der Waals surface area (Å²) in [6.07, 6.45) is 6.26. The molecule has 0 amide bonds. The molecule has 2 aromatic rings. The first-order chi connectivity index (χ1) is 12.9. The van der Waals surface area contributed by atoms with Gasteiger partial charge in [0.05, 0.1) is 0 Å². The number of anilines is 1. The smallest absolute Gasteiger partial charge is 0.247 e. The van der Waals surface area contributed by atoms with Crippen molar-refractivity contribution in [2.24, 2.45) is 0 Å². The molecule has 6 heteroatoms. The van der Waals surface area contributed by atoms with Crippen molar-refractivity contribution in [1.29, 1.82) is 0 Å². The van der Waals surface area contributed by atoms with Crippen LogP contribution in [0.15, 0.2) is 41.3 Å². The highest BCUT2D eigenvalue weighted by atomic mass is 32.2. The zero-order valence-electron chi connectivity index (χ0n) is 15.6. The molecule has 144 valence electrons. The number of phenolic OH excluding ortho intramolecular Hbond substituents is 1. The first-order valence-corrected chi connectivity index (χ1v) is 11.1. The SMILES string of the molecule is Cc1ccc(S(=O)(=O)N2Cc3ccc(NC4CCCCC4)cc3C2)c(O)c1. The Hall–Kier alpha value is -2.05. The summed E-state index contributed by atoms with van der Waals surface area (Å²) in [7, 11) is -3.73. The molecule has 1 heterocycles. The van der Waals surface area contributed by atoms with Crippen LogP contribution in [0.5, 0.6) is 5.75 Å². The van der Waals surface area contributed by atoms with Gasteiger partial charge in [0.2, 0.25) is 10.0 Å². The van der Waals surface area contributed by atoms with Crippen molar-refractivity contribution >= 4 is 15.7 Å². The number of phenols is 1. The Labute approximate surface area is 161 Å². The Balaban J connectivity index is 1.53. The highest BCUT2D eigenvalue weighted by Crippen LogP contribution is 2.34. The van der Waals surface area contributed by atoms with Gasteiger partial charge in [0.25, 0.3) is 0 Å². The van der Waals surface area contributed by atoms with Crippen molar-refractivity contribution in [1.82, 2.24) is 4.31 Å². The third kappa shape index (κ3) is 3.69. The molecule has 4 rings (SSSR count). The van der Waals surface area contributed by atoms with Crippen LogP contribution in [0.3, 0.4) is 0 Å². The molecule has 0 saturated heterocycles. The van der Waals surface area contributed by atoms with Gasteiger partial charge in [-0.2, -0.15) is 4.31 Å². The zero-order chi connectivity index (χ0) is 19.0. The van der Waals surface area contributed by atoms with Crippen LogP contribution in [-0.4, -0.2) is 23.9 Å². The van der Waals surface area contributed by atoms with Crippen LogP contribution in [0.25, 0.3) is 0 Å². The molecule has 0 unspecified atom stereocenters. The molecular formula is C21H26N2O3S. The fourth-order valence-electron chi connectivity index (χ4n) is 4.09. The average Bonchev–Trinajstić information content (AvgIpc) is 3.06. The van der Waals surface area contributed by atoms with E-state index in [9.17, 15) is 13.5 Å². The van der Waals surface area contributed by atoms with Crippen LogP contribution in [0, 0.1) is 6.92 Å². The molecule has 1 saturated carbocycles. The van der Waals surface area contributed by atoms with Gasteiger partial charge in [-0.15, -0.1) is 0 Å². The van der Waals surface area contributed by atoms with Crippen molar-refractivity contribution in [3.63, 3.8) is 0 Å². The molecule has 2 N–H and O–H groups in total. The summed E-state index contributed by atoms with van der Waals surface area (Å²) in [6.45, 7) is 2.50. The van der Waals surface area contributed by atoms with Crippen molar-refractivity contribution in [3.8, 4) is 5.75 Å². The fourth-order valence-corrected chi connectivity index (χ4v) is 5.55. The van der Waals surface area contributed by atoms with Crippen LogP contribution in [0.1, 0.15) is 48.8 Å². The van der Waals surface area contributed by atoms with Gasteiger partial charge in [0.1, 0.15) is 10.6 Å². The molecule has 27 heavy (non-hydrogen) atoms. The number of hydrogen-bond donors (Lipinski definition) is 2. The van der Waals surface area contributed by atoms with E-state index in [0.717, 1.165) is 22.4 Å². The van der Waals surface area contributed by atoms with E-state index in [-0.39, 0.29) is 10.6 Å². The van der Waals surface area contributed by atoms with E-state index in [1.807, 2.05) is 19.1 Å². The number of hydrogen-bond acceptors (Lipinski definition) is 4. The van der Waals surface area contributed by atoms with E-state index in [4.69, 9.17) is 0 Å². The van der Waals surface area contributed by atoms with Crippen LogP contribution in [0.2, 0.25) is 0 Å². The topological polar surface area (TPSA) is 69.6 Å². The van der Waals surface area contributed by atoms with Gasteiger partial charge in [0.15, 0.2) is 0 Å². The Morgan fingerprint density at radius 3 is 2.48 bits per heavy atom. The quantitative estimate of drug-likeness (QED) is 0.828. The normalized spacial score (nSPS) is 18.4. The van der Waals surface area contributed by atoms with E-state index in [1.165, 1.54) is 48.5 Å². The Morgan fingerprint density at radius 2 is 1.74 bits per heavy atom. The van der Waals surface area contributed by atoms with E-state index >= 15 is 0 Å². The lowest BCUT2D eigenvalue weighted by atomic mass is 9.95. The minimum absolute atomic E-state index is 0.0264. The second-order valence-corrected chi connectivity index (χ2v) is 9.61.